The first kappa shape index (κ1) is 60.5. The monoisotopic (exact) mass is 1070 g/mol. The van der Waals surface area contributed by atoms with Gasteiger partial charge in [-0.05, 0) is 89.4 Å². The summed E-state index contributed by atoms with van der Waals surface area (Å²) in [6.07, 6.45) is 5.42. The highest BCUT2D eigenvalue weighted by Crippen LogP contribution is 2.31. The van der Waals surface area contributed by atoms with Crippen molar-refractivity contribution in [2.45, 2.75) is 63.4 Å². The predicted molar refractivity (Wildman–Crippen MR) is 238 cm³/mol. The first-order valence-electron chi connectivity index (χ1n) is 18.6. The number of carbonyl (C=O) groups is 1. The number of thioether (sulfide) groups is 1. The van der Waals surface area contributed by atoms with Gasteiger partial charge in [0.2, 0.25) is 0 Å². The van der Waals surface area contributed by atoms with Gasteiger partial charge in [-0.25, -0.2) is 39.6 Å². The number of aryl methyl sites for hydroxylation is 2. The summed E-state index contributed by atoms with van der Waals surface area (Å²) in [7, 11) is -11.9. The van der Waals surface area contributed by atoms with E-state index >= 15 is 0 Å². The summed E-state index contributed by atoms with van der Waals surface area (Å²) < 4.78 is 202. The van der Waals surface area contributed by atoms with E-state index in [0.717, 1.165) is 78.4 Å². The Hall–Kier alpha value is -3.53. The SMILES string of the molecule is CCCc1ccc(-c2cc(F)c(C(=O)O)c(F)c2)c(F)c1.CCCc1ccc(-c2cc(F)c(C3=[S+]CCCS3)c(F)c2)c(F)c1.O=S(=O)(O)C(F)(F)F.O=S(=O)([O-])C(F)(F)F.SCCCS. The fourth-order valence-electron chi connectivity index (χ4n) is 4.98. The number of aromatic carboxylic acids is 1. The molecule has 0 saturated carbocycles. The molecule has 0 atom stereocenters. The predicted octanol–water partition coefficient (Wildman–Crippen LogP) is 11.5. The molecule has 4 aromatic rings. The number of hydrogen-bond acceptors (Lipinski definition) is 9. The maximum atomic E-state index is 14.5. The van der Waals surface area contributed by atoms with Crippen molar-refractivity contribution in [3.8, 4) is 22.3 Å². The number of rotatable bonds is 10. The minimum absolute atomic E-state index is 0.0245. The summed E-state index contributed by atoms with van der Waals surface area (Å²) in [4.78, 5) is 10.7. The molecule has 0 amide bonds. The van der Waals surface area contributed by atoms with Crippen molar-refractivity contribution >= 4 is 78.8 Å². The van der Waals surface area contributed by atoms with Crippen LogP contribution >= 0.6 is 37.0 Å². The second-order valence-corrected chi connectivity index (χ2v) is 19.2. The van der Waals surface area contributed by atoms with Crippen molar-refractivity contribution in [1.29, 1.82) is 0 Å². The van der Waals surface area contributed by atoms with Crippen molar-refractivity contribution < 1.29 is 88.5 Å². The van der Waals surface area contributed by atoms with Crippen LogP contribution in [0.5, 0.6) is 0 Å². The van der Waals surface area contributed by atoms with E-state index in [0.29, 0.717) is 10.6 Å². The fraction of sp³-hybridized carbons (Fsp3) is 0.350. The fourth-order valence-corrected chi connectivity index (χ4v) is 8.18. The molecule has 0 bridgehead atoms. The lowest BCUT2D eigenvalue weighted by atomic mass is 9.99. The molecular weight excluding hydrogens is 1030 g/mol. The Morgan fingerprint density at radius 1 is 0.697 bits per heavy atom. The topological polar surface area (TPSA) is 149 Å². The summed E-state index contributed by atoms with van der Waals surface area (Å²) in [5.74, 6) is -2.78. The molecule has 4 aromatic carbocycles. The van der Waals surface area contributed by atoms with Crippen LogP contribution < -0.4 is 0 Å². The second kappa shape index (κ2) is 27.5. The van der Waals surface area contributed by atoms with Gasteiger partial charge in [0.15, 0.2) is 27.2 Å². The van der Waals surface area contributed by atoms with E-state index in [9.17, 15) is 57.5 Å². The molecule has 0 aromatic heterocycles. The van der Waals surface area contributed by atoms with Gasteiger partial charge < -0.3 is 9.66 Å². The minimum atomic E-state index is -6.09. The van der Waals surface area contributed by atoms with Crippen molar-refractivity contribution in [2.24, 2.45) is 0 Å². The van der Waals surface area contributed by atoms with Gasteiger partial charge in [-0.3, -0.25) is 4.55 Å². The zero-order valence-electron chi connectivity index (χ0n) is 34.3. The van der Waals surface area contributed by atoms with E-state index in [4.69, 9.17) is 31.0 Å². The lowest BCUT2D eigenvalue weighted by Crippen LogP contribution is -2.21. The minimum Gasteiger partial charge on any atom is -0.741 e. The van der Waals surface area contributed by atoms with Gasteiger partial charge in [0.25, 0.3) is 4.20 Å². The van der Waals surface area contributed by atoms with E-state index < -0.39 is 77.7 Å². The van der Waals surface area contributed by atoms with E-state index in [1.165, 1.54) is 53.4 Å². The summed E-state index contributed by atoms with van der Waals surface area (Å²) in [6, 6.07) is 13.4. The first-order chi connectivity index (χ1) is 30.4. The third-order valence-corrected chi connectivity index (χ3v) is 12.3. The van der Waals surface area contributed by atoms with Crippen LogP contribution in [0.15, 0.2) is 60.7 Å². The lowest BCUT2D eigenvalue weighted by Gasteiger charge is -2.10. The zero-order valence-corrected chi connectivity index (χ0v) is 39.3. The highest BCUT2D eigenvalue weighted by Gasteiger charge is 2.44. The Kier molecular flexibility index (Phi) is 25.2. The molecule has 66 heavy (non-hydrogen) atoms. The van der Waals surface area contributed by atoms with Crippen molar-refractivity contribution in [1.82, 2.24) is 0 Å². The number of thiol groups is 2. The average molecular weight is 1070 g/mol. The summed E-state index contributed by atoms with van der Waals surface area (Å²) in [5, 5.41) is 8.70. The third kappa shape index (κ3) is 19.6. The highest BCUT2D eigenvalue weighted by molar-refractivity contribution is 8.23. The average Bonchev–Trinajstić information content (AvgIpc) is 3.18. The highest BCUT2D eigenvalue weighted by atomic mass is 32.2. The van der Waals surface area contributed by atoms with Crippen LogP contribution in [-0.2, 0) is 44.4 Å². The van der Waals surface area contributed by atoms with Gasteiger partial charge in [-0.2, -0.15) is 60.0 Å². The van der Waals surface area contributed by atoms with Crippen LogP contribution in [0.2, 0.25) is 0 Å². The number of alkyl halides is 6. The van der Waals surface area contributed by atoms with Crippen LogP contribution in [0.25, 0.3) is 22.3 Å². The number of carboxylic acids is 1. The van der Waals surface area contributed by atoms with Gasteiger partial charge in [-0.15, -0.1) is 0 Å². The largest absolute Gasteiger partial charge is 0.741 e. The maximum absolute atomic E-state index is 14.5. The van der Waals surface area contributed by atoms with Gasteiger partial charge >= 0.3 is 27.1 Å². The third-order valence-electron chi connectivity index (χ3n) is 7.92. The van der Waals surface area contributed by atoms with Crippen molar-refractivity contribution in [3.63, 3.8) is 0 Å². The molecule has 0 saturated heterocycles. The Morgan fingerprint density at radius 3 is 1.33 bits per heavy atom. The van der Waals surface area contributed by atoms with Crippen LogP contribution in [0.4, 0.5) is 52.7 Å². The molecule has 0 aliphatic carbocycles. The van der Waals surface area contributed by atoms with Crippen molar-refractivity contribution in [3.05, 3.63) is 118 Å². The van der Waals surface area contributed by atoms with E-state index in [1.54, 1.807) is 12.1 Å². The molecule has 1 aliphatic heterocycles. The Balaban J connectivity index is 0.000000467. The van der Waals surface area contributed by atoms with Gasteiger partial charge in [0, 0.05) is 23.3 Å². The summed E-state index contributed by atoms with van der Waals surface area (Å²) >= 11 is 10.9. The second-order valence-electron chi connectivity index (χ2n) is 13.0. The molecule has 5 rings (SSSR count). The number of halogens is 12. The molecule has 0 radical (unpaired) electrons. The quantitative estimate of drug-likeness (QED) is 0.0304. The van der Waals surface area contributed by atoms with Crippen LogP contribution in [0.3, 0.4) is 0 Å². The standard InChI is InChI=1S/C19H18F3S2.C16H13F3O2.C3H8S2.2CHF3O3S/c1-2-4-12-5-6-14(15(20)9-12)13-10-16(21)18(17(22)11-13)19-23-7-3-8-24-19;1-2-3-9-4-5-11(12(17)6-9)10-7-13(18)15(16(20)21)14(19)8-10;4-2-1-3-5;2*2-1(3,4)8(5,6)7/h5-6,9-11H,2-4,7-8H2,1H3;4-8H,2-3H2,1H3,(H,20,21);4-5H,1-3H2;2*(H,5,6,7)/q+1;;;;/p-1. The molecule has 26 heteroatoms. The molecule has 0 fully saturated rings. The smallest absolute Gasteiger partial charge is 0.522 e. The van der Waals surface area contributed by atoms with E-state index in [1.807, 2.05) is 19.9 Å². The maximum Gasteiger partial charge on any atom is 0.522 e. The number of benzene rings is 4. The molecule has 1 aliphatic rings. The molecule has 0 unspecified atom stereocenters. The molecule has 1 heterocycles. The summed E-state index contributed by atoms with van der Waals surface area (Å²) in [6.45, 7) is 3.98. The first-order valence-corrected chi connectivity index (χ1v) is 24.7. The van der Waals surface area contributed by atoms with E-state index in [-0.39, 0.29) is 27.8 Å². The number of carboxylic acid groups (broad SMARTS) is 1. The summed E-state index contributed by atoms with van der Waals surface area (Å²) in [5.41, 5.74) is -10.0. The Morgan fingerprint density at radius 2 is 1.08 bits per heavy atom. The van der Waals surface area contributed by atoms with Gasteiger partial charge in [-0.1, -0.05) is 62.7 Å². The van der Waals surface area contributed by atoms with Crippen LogP contribution in [0, 0.1) is 34.9 Å². The Labute approximate surface area is 391 Å². The van der Waals surface area contributed by atoms with Crippen molar-refractivity contribution in [2.75, 3.05) is 23.0 Å². The molecule has 0 spiro atoms. The molecule has 8 nitrogen and oxygen atoms in total. The van der Waals surface area contributed by atoms with Crippen LogP contribution in [-0.4, -0.2) is 75.2 Å². The molecule has 2 N–H and O–H groups in total. The number of hydrogen-bond donors (Lipinski definition) is 4. The normalized spacial score (nSPS) is 12.7. The molecule has 368 valence electrons. The van der Waals surface area contributed by atoms with Gasteiger partial charge in [0.05, 0.1) is 0 Å². The Bertz CT molecular complexity index is 2410. The van der Waals surface area contributed by atoms with E-state index in [2.05, 4.69) is 25.3 Å². The molecular formula is C40H40F12O8S6. The van der Waals surface area contributed by atoms with Crippen LogP contribution in [0.1, 0.15) is 66.6 Å². The lowest BCUT2D eigenvalue weighted by molar-refractivity contribution is -0.0519. The van der Waals surface area contributed by atoms with Gasteiger partial charge in [0.1, 0.15) is 46.0 Å². The zero-order chi connectivity index (χ0) is 50.8.